The molecule has 1 aromatic carbocycles. The lowest BCUT2D eigenvalue weighted by Gasteiger charge is -2.34. The van der Waals surface area contributed by atoms with Crippen molar-refractivity contribution in [1.29, 1.82) is 0 Å². The maximum atomic E-state index is 13.2. The van der Waals surface area contributed by atoms with Gasteiger partial charge in [-0.05, 0) is 43.6 Å². The number of rotatable bonds is 7. The molecule has 1 aromatic rings. The van der Waals surface area contributed by atoms with E-state index in [-0.39, 0.29) is 24.8 Å². The van der Waals surface area contributed by atoms with Crippen LogP contribution in [0.1, 0.15) is 24.0 Å². The molecule has 1 aliphatic rings. The van der Waals surface area contributed by atoms with Gasteiger partial charge in [-0.2, -0.15) is 13.2 Å². The lowest BCUT2D eigenvalue weighted by atomic mass is 10.0. The number of benzene rings is 1. The Hall–Kier alpha value is -2.50. The van der Waals surface area contributed by atoms with Crippen LogP contribution in [0.2, 0.25) is 0 Å². The highest BCUT2D eigenvalue weighted by atomic mass is 19.4. The second kappa shape index (κ2) is 12.3. The van der Waals surface area contributed by atoms with Crippen LogP contribution in [0.4, 0.5) is 17.6 Å². The Balaban J connectivity index is 0.000000479. The Kier molecular flexibility index (Phi) is 10.4. The van der Waals surface area contributed by atoms with Gasteiger partial charge in [-0.3, -0.25) is 4.90 Å². The predicted octanol–water partition coefficient (Wildman–Crippen LogP) is 2.10. The van der Waals surface area contributed by atoms with Crippen LogP contribution in [-0.4, -0.2) is 64.4 Å². The third-order valence-electron chi connectivity index (χ3n) is 4.33. The summed E-state index contributed by atoms with van der Waals surface area (Å²) in [6.07, 6.45) is -1.83. The van der Waals surface area contributed by atoms with Crippen molar-refractivity contribution >= 4 is 11.9 Å². The van der Waals surface area contributed by atoms with Crippen molar-refractivity contribution in [3.05, 3.63) is 47.3 Å². The van der Waals surface area contributed by atoms with Crippen molar-refractivity contribution in [2.45, 2.75) is 31.6 Å². The minimum absolute atomic E-state index is 0.0425. The van der Waals surface area contributed by atoms with Crippen LogP contribution in [0.25, 0.3) is 0 Å². The van der Waals surface area contributed by atoms with E-state index in [1.54, 1.807) is 0 Å². The maximum Gasteiger partial charge on any atom is 0.416 e. The van der Waals surface area contributed by atoms with Gasteiger partial charge in [-0.25, -0.2) is 14.0 Å². The van der Waals surface area contributed by atoms with E-state index < -0.39 is 29.5 Å². The Morgan fingerprint density at radius 3 is 2.17 bits per heavy atom. The molecule has 0 aliphatic carbocycles. The number of aliphatic hydroxyl groups is 1. The summed E-state index contributed by atoms with van der Waals surface area (Å²) in [4.78, 5) is 21.0. The van der Waals surface area contributed by atoms with Crippen molar-refractivity contribution in [1.82, 2.24) is 10.2 Å². The zero-order chi connectivity index (χ0) is 22.7. The molecule has 30 heavy (non-hydrogen) atoms. The first kappa shape index (κ1) is 25.5. The van der Waals surface area contributed by atoms with Crippen molar-refractivity contribution in [3.8, 4) is 0 Å². The number of halogens is 4. The number of nitrogens with zero attached hydrogens (tertiary/aromatic N) is 1. The van der Waals surface area contributed by atoms with E-state index in [1.807, 2.05) is 4.90 Å². The van der Waals surface area contributed by atoms with Gasteiger partial charge in [0, 0.05) is 31.3 Å². The van der Waals surface area contributed by atoms with Crippen LogP contribution in [0.3, 0.4) is 0 Å². The first-order chi connectivity index (χ1) is 14.0. The molecule has 1 saturated heterocycles. The molecule has 4 N–H and O–H groups in total. The molecule has 2 rings (SSSR count). The van der Waals surface area contributed by atoms with Crippen molar-refractivity contribution in [3.63, 3.8) is 0 Å². The Morgan fingerprint density at radius 2 is 1.70 bits per heavy atom. The van der Waals surface area contributed by atoms with Gasteiger partial charge in [-0.1, -0.05) is 6.07 Å². The minimum Gasteiger partial charge on any atom is -0.478 e. The van der Waals surface area contributed by atoms with Crippen molar-refractivity contribution in [2.75, 3.05) is 26.2 Å². The van der Waals surface area contributed by atoms with Gasteiger partial charge in [0.1, 0.15) is 5.82 Å². The van der Waals surface area contributed by atoms with Gasteiger partial charge in [0.25, 0.3) is 0 Å². The number of aliphatic hydroxyl groups excluding tert-OH is 1. The summed E-state index contributed by atoms with van der Waals surface area (Å²) in [5.74, 6) is -3.41. The fraction of sp³-hybridized carbons (Fsp3) is 0.474. The van der Waals surface area contributed by atoms with Crippen LogP contribution >= 0.6 is 0 Å². The zero-order valence-electron chi connectivity index (χ0n) is 16.0. The molecule has 1 heterocycles. The van der Waals surface area contributed by atoms with Crippen LogP contribution in [0.15, 0.2) is 30.4 Å². The van der Waals surface area contributed by atoms with Gasteiger partial charge in [0.05, 0.1) is 12.2 Å². The number of carboxylic acid groups (broad SMARTS) is 2. The molecular weight excluding hydrogens is 412 g/mol. The van der Waals surface area contributed by atoms with Gasteiger partial charge in [-0.15, -0.1) is 0 Å². The molecule has 0 atom stereocenters. The third-order valence-corrected chi connectivity index (χ3v) is 4.33. The highest BCUT2D eigenvalue weighted by Crippen LogP contribution is 2.33. The number of piperidine rings is 1. The minimum atomic E-state index is -4.59. The molecule has 7 nitrogen and oxygen atoms in total. The van der Waals surface area contributed by atoms with Crippen LogP contribution in [0, 0.1) is 5.82 Å². The fourth-order valence-electron chi connectivity index (χ4n) is 3.00. The average Bonchev–Trinajstić information content (AvgIpc) is 2.67. The summed E-state index contributed by atoms with van der Waals surface area (Å²) in [7, 11) is 0. The summed E-state index contributed by atoms with van der Waals surface area (Å²) in [6.45, 7) is 1.86. The first-order valence-electron chi connectivity index (χ1n) is 9.09. The highest BCUT2D eigenvalue weighted by molar-refractivity contribution is 5.89. The molecular formula is C19H24F4N2O5. The fourth-order valence-corrected chi connectivity index (χ4v) is 3.00. The summed E-state index contributed by atoms with van der Waals surface area (Å²) in [5.41, 5.74) is -0.898. The largest absolute Gasteiger partial charge is 0.478 e. The van der Waals surface area contributed by atoms with Crippen molar-refractivity contribution < 1.29 is 42.5 Å². The monoisotopic (exact) mass is 436 g/mol. The topological polar surface area (TPSA) is 110 Å². The SMILES string of the molecule is O=C(O)/C=C/C(=O)O.OCCN(Cc1ccc(F)cc1C(F)(F)F)C1CCNCC1. The predicted molar refractivity (Wildman–Crippen MR) is 99.2 cm³/mol. The van der Waals surface area contributed by atoms with E-state index in [9.17, 15) is 32.3 Å². The number of aliphatic carboxylic acids is 2. The van der Waals surface area contributed by atoms with E-state index in [4.69, 9.17) is 10.2 Å². The van der Waals surface area contributed by atoms with Gasteiger partial charge < -0.3 is 20.6 Å². The molecule has 1 fully saturated rings. The Morgan fingerprint density at radius 1 is 1.13 bits per heavy atom. The number of carboxylic acids is 2. The highest BCUT2D eigenvalue weighted by Gasteiger charge is 2.34. The molecule has 0 amide bonds. The van der Waals surface area contributed by atoms with E-state index in [1.165, 1.54) is 6.07 Å². The number of alkyl halides is 3. The molecule has 0 radical (unpaired) electrons. The van der Waals surface area contributed by atoms with Crippen LogP contribution in [0.5, 0.6) is 0 Å². The normalized spacial score (nSPS) is 15.1. The maximum absolute atomic E-state index is 13.2. The van der Waals surface area contributed by atoms with Crippen molar-refractivity contribution in [2.24, 2.45) is 0 Å². The molecule has 0 aromatic heterocycles. The summed E-state index contributed by atoms with van der Waals surface area (Å²) < 4.78 is 52.3. The summed E-state index contributed by atoms with van der Waals surface area (Å²) in [5, 5.41) is 28.0. The van der Waals surface area contributed by atoms with E-state index in [0.29, 0.717) is 24.8 Å². The molecule has 0 saturated carbocycles. The lowest BCUT2D eigenvalue weighted by molar-refractivity contribution is -0.138. The summed E-state index contributed by atoms with van der Waals surface area (Å²) >= 11 is 0. The van der Waals surface area contributed by atoms with E-state index in [0.717, 1.165) is 32.0 Å². The number of hydrogen-bond acceptors (Lipinski definition) is 5. The molecule has 0 bridgehead atoms. The third kappa shape index (κ3) is 9.33. The number of hydrogen-bond donors (Lipinski definition) is 4. The smallest absolute Gasteiger partial charge is 0.416 e. The number of carbonyl (C=O) groups is 2. The van der Waals surface area contributed by atoms with Gasteiger partial charge in [0.2, 0.25) is 0 Å². The Bertz CT molecular complexity index is 718. The van der Waals surface area contributed by atoms with Crippen LogP contribution < -0.4 is 5.32 Å². The van der Waals surface area contributed by atoms with Gasteiger partial charge in [0.15, 0.2) is 0 Å². The van der Waals surface area contributed by atoms with Gasteiger partial charge >= 0.3 is 18.1 Å². The average molecular weight is 436 g/mol. The van der Waals surface area contributed by atoms with E-state index >= 15 is 0 Å². The Labute approximate surface area is 170 Å². The molecule has 11 heteroatoms. The van der Waals surface area contributed by atoms with E-state index in [2.05, 4.69) is 5.32 Å². The number of nitrogens with one attached hydrogen (secondary N) is 1. The molecule has 168 valence electrons. The standard InChI is InChI=1S/C15H20F4N2O.C4H4O4/c16-12-2-1-11(14(9-12)15(17,18)19)10-21(7-8-22)13-3-5-20-6-4-13;5-3(6)1-2-4(7)8/h1-2,9,13,20,22H,3-8,10H2;1-2H,(H,5,6)(H,7,8)/b;2-1+. The first-order valence-corrected chi connectivity index (χ1v) is 9.09. The second-order valence-corrected chi connectivity index (χ2v) is 6.48. The quantitative estimate of drug-likeness (QED) is 0.383. The zero-order valence-corrected chi connectivity index (χ0v) is 16.0. The summed E-state index contributed by atoms with van der Waals surface area (Å²) in [6, 6.07) is 2.89. The molecule has 0 unspecified atom stereocenters. The lowest BCUT2D eigenvalue weighted by Crippen LogP contribution is -2.44. The second-order valence-electron chi connectivity index (χ2n) is 6.48. The molecule has 1 aliphatic heterocycles. The van der Waals surface area contributed by atoms with Crippen LogP contribution in [-0.2, 0) is 22.3 Å². The molecule has 0 spiro atoms.